The molecule has 0 spiro atoms. The number of hydrogen-bond acceptors (Lipinski definition) is 0. The molecule has 0 bridgehead atoms. The van der Waals surface area contributed by atoms with E-state index < -0.39 is 0 Å². The van der Waals surface area contributed by atoms with Crippen molar-refractivity contribution in [3.63, 3.8) is 0 Å². The van der Waals surface area contributed by atoms with Crippen molar-refractivity contribution in [1.29, 1.82) is 0 Å². The lowest BCUT2D eigenvalue weighted by Gasteiger charge is -1.91. The highest BCUT2D eigenvalue weighted by Crippen LogP contribution is 2.02. The maximum atomic E-state index is 3.63. The average Bonchev–Trinajstić information content (AvgIpc) is 1.87. The lowest BCUT2D eigenvalue weighted by atomic mass is 10.2. The van der Waals surface area contributed by atoms with Crippen LogP contribution < -0.4 is 0 Å². The van der Waals surface area contributed by atoms with E-state index >= 15 is 0 Å². The summed E-state index contributed by atoms with van der Waals surface area (Å²) in [6.07, 6.45) is 10.0. The summed E-state index contributed by atoms with van der Waals surface area (Å²) in [5.74, 6) is 0. The fraction of sp³-hybridized carbons (Fsp3) is 0.273. The van der Waals surface area contributed by atoms with E-state index in [-0.39, 0.29) is 0 Å². The maximum absolute atomic E-state index is 3.63. The van der Waals surface area contributed by atoms with Crippen LogP contribution in [0.15, 0.2) is 48.1 Å². The van der Waals surface area contributed by atoms with Crippen LogP contribution in [-0.4, -0.2) is 0 Å². The van der Waals surface area contributed by atoms with E-state index in [9.17, 15) is 0 Å². The van der Waals surface area contributed by atoms with Gasteiger partial charge in [0.15, 0.2) is 0 Å². The van der Waals surface area contributed by atoms with E-state index in [2.05, 4.69) is 32.6 Å². The molecule has 0 nitrogen and oxygen atoms in total. The van der Waals surface area contributed by atoms with Crippen molar-refractivity contribution in [2.45, 2.75) is 20.8 Å². The van der Waals surface area contributed by atoms with Crippen LogP contribution in [-0.2, 0) is 0 Å². The Bertz CT molecular complexity index is 202. The molecule has 0 rings (SSSR count). The molecule has 0 fully saturated rings. The Labute approximate surface area is 69.6 Å². The quantitative estimate of drug-likeness (QED) is 0.536. The van der Waals surface area contributed by atoms with Gasteiger partial charge in [-0.3, -0.25) is 0 Å². The first-order valence-electron chi connectivity index (χ1n) is 3.81. The summed E-state index contributed by atoms with van der Waals surface area (Å²) in [4.78, 5) is 0. The van der Waals surface area contributed by atoms with E-state index in [1.165, 1.54) is 11.1 Å². The molecular weight excluding hydrogens is 132 g/mol. The molecule has 0 aliphatic heterocycles. The fourth-order valence-corrected chi connectivity index (χ4v) is 0.904. The Kier molecular flexibility index (Phi) is 5.18. The van der Waals surface area contributed by atoms with Crippen LogP contribution >= 0.6 is 0 Å². The lowest BCUT2D eigenvalue weighted by molar-refractivity contribution is 1.43. The van der Waals surface area contributed by atoms with Gasteiger partial charge in [-0.15, -0.1) is 0 Å². The van der Waals surface area contributed by atoms with Gasteiger partial charge in [-0.25, -0.2) is 0 Å². The van der Waals surface area contributed by atoms with E-state index in [1.54, 1.807) is 6.08 Å². The normalized spacial score (nSPS) is 14.1. The zero-order valence-corrected chi connectivity index (χ0v) is 7.59. The maximum Gasteiger partial charge on any atom is -0.0398 e. The highest BCUT2D eigenvalue weighted by atomic mass is 13.9. The second-order valence-electron chi connectivity index (χ2n) is 2.53. The summed E-state index contributed by atoms with van der Waals surface area (Å²) in [6, 6.07) is 0. The summed E-state index contributed by atoms with van der Waals surface area (Å²) in [7, 11) is 0. The van der Waals surface area contributed by atoms with E-state index in [1.807, 2.05) is 19.1 Å². The van der Waals surface area contributed by atoms with Crippen molar-refractivity contribution in [2.24, 2.45) is 0 Å². The van der Waals surface area contributed by atoms with Gasteiger partial charge in [-0.05, 0) is 20.8 Å². The second kappa shape index (κ2) is 5.72. The van der Waals surface area contributed by atoms with Crippen molar-refractivity contribution >= 4 is 0 Å². The third-order valence-electron chi connectivity index (χ3n) is 1.27. The van der Waals surface area contributed by atoms with Crippen molar-refractivity contribution in [3.05, 3.63) is 48.1 Å². The largest absolute Gasteiger partial charge is 0.0991 e. The zero-order chi connectivity index (χ0) is 8.69. The van der Waals surface area contributed by atoms with Crippen LogP contribution in [0.25, 0.3) is 0 Å². The van der Waals surface area contributed by atoms with Crippen LogP contribution in [0.3, 0.4) is 0 Å². The highest BCUT2D eigenvalue weighted by molar-refractivity contribution is 5.29. The minimum Gasteiger partial charge on any atom is -0.0991 e. The molecule has 0 radical (unpaired) electrons. The molecule has 0 aromatic heterocycles. The van der Waals surface area contributed by atoms with Crippen LogP contribution in [0.4, 0.5) is 0 Å². The third kappa shape index (κ3) is 5.41. The smallest absolute Gasteiger partial charge is 0.0398 e. The monoisotopic (exact) mass is 148 g/mol. The topological polar surface area (TPSA) is 0 Å². The van der Waals surface area contributed by atoms with Gasteiger partial charge in [0.1, 0.15) is 0 Å². The van der Waals surface area contributed by atoms with Crippen molar-refractivity contribution in [2.75, 3.05) is 0 Å². The highest BCUT2D eigenvalue weighted by Gasteiger charge is 1.81. The van der Waals surface area contributed by atoms with Gasteiger partial charge in [0.25, 0.3) is 0 Å². The van der Waals surface area contributed by atoms with Gasteiger partial charge >= 0.3 is 0 Å². The predicted molar refractivity (Wildman–Crippen MR) is 52.5 cm³/mol. The van der Waals surface area contributed by atoms with Gasteiger partial charge in [0, 0.05) is 0 Å². The summed E-state index contributed by atoms with van der Waals surface area (Å²) < 4.78 is 0. The molecule has 11 heavy (non-hydrogen) atoms. The standard InChI is InChI=1S/C11H16/c1-5-7-10(3)9-11(4)8-6-2/h5-9H,1H2,2-4H3. The molecule has 0 N–H and O–H groups in total. The molecule has 0 aliphatic rings. The summed E-state index contributed by atoms with van der Waals surface area (Å²) >= 11 is 0. The van der Waals surface area contributed by atoms with Gasteiger partial charge < -0.3 is 0 Å². The van der Waals surface area contributed by atoms with E-state index in [0.29, 0.717) is 0 Å². The first kappa shape index (κ1) is 9.96. The number of rotatable bonds is 3. The third-order valence-corrected chi connectivity index (χ3v) is 1.27. The minimum absolute atomic E-state index is 1.23. The second-order valence-corrected chi connectivity index (χ2v) is 2.53. The van der Waals surface area contributed by atoms with Crippen LogP contribution in [0.2, 0.25) is 0 Å². The van der Waals surface area contributed by atoms with Crippen LogP contribution in [0, 0.1) is 0 Å². The summed E-state index contributed by atoms with van der Waals surface area (Å²) in [6.45, 7) is 9.80. The summed E-state index contributed by atoms with van der Waals surface area (Å²) in [5, 5.41) is 0. The first-order chi connectivity index (χ1) is 5.20. The molecule has 0 atom stereocenters. The number of allylic oxidation sites excluding steroid dienone is 7. The van der Waals surface area contributed by atoms with E-state index in [0.717, 1.165) is 0 Å². The number of hydrogen-bond donors (Lipinski definition) is 0. The zero-order valence-electron chi connectivity index (χ0n) is 7.59. The molecule has 0 heteroatoms. The average molecular weight is 148 g/mol. The molecule has 0 heterocycles. The Morgan fingerprint density at radius 1 is 1.18 bits per heavy atom. The van der Waals surface area contributed by atoms with Gasteiger partial charge in [0.2, 0.25) is 0 Å². The van der Waals surface area contributed by atoms with E-state index in [4.69, 9.17) is 0 Å². The predicted octanol–water partition coefficient (Wildman–Crippen LogP) is 3.64. The Hall–Kier alpha value is -1.04. The SMILES string of the molecule is C=CC=C(C)C=C(C)C=CC. The van der Waals surface area contributed by atoms with Gasteiger partial charge in [0.05, 0.1) is 0 Å². The first-order valence-corrected chi connectivity index (χ1v) is 3.81. The van der Waals surface area contributed by atoms with Crippen molar-refractivity contribution in [1.82, 2.24) is 0 Å². The van der Waals surface area contributed by atoms with Crippen LogP contribution in [0.1, 0.15) is 20.8 Å². The van der Waals surface area contributed by atoms with Crippen LogP contribution in [0.5, 0.6) is 0 Å². The molecule has 60 valence electrons. The molecule has 0 amide bonds. The van der Waals surface area contributed by atoms with Crippen molar-refractivity contribution < 1.29 is 0 Å². The molecule has 0 unspecified atom stereocenters. The van der Waals surface area contributed by atoms with Crippen molar-refractivity contribution in [3.8, 4) is 0 Å². The molecule has 0 saturated carbocycles. The molecular formula is C11H16. The Balaban J connectivity index is 4.29. The minimum atomic E-state index is 1.23. The lowest BCUT2D eigenvalue weighted by Crippen LogP contribution is -1.71. The molecule has 0 saturated heterocycles. The molecule has 0 aromatic carbocycles. The fourth-order valence-electron chi connectivity index (χ4n) is 0.904. The Morgan fingerprint density at radius 2 is 1.82 bits per heavy atom. The van der Waals surface area contributed by atoms with Gasteiger partial charge in [-0.2, -0.15) is 0 Å². The molecule has 0 aliphatic carbocycles. The summed E-state index contributed by atoms with van der Waals surface area (Å²) in [5.41, 5.74) is 2.50. The molecule has 0 aromatic rings. The Morgan fingerprint density at radius 3 is 2.27 bits per heavy atom. The van der Waals surface area contributed by atoms with Gasteiger partial charge in [-0.1, -0.05) is 48.1 Å².